The second kappa shape index (κ2) is 12.1. The van der Waals surface area contributed by atoms with Crippen molar-refractivity contribution < 1.29 is 14.3 Å². The number of halogens is 1. The minimum absolute atomic E-state index is 0.105. The van der Waals surface area contributed by atoms with Crippen LogP contribution in [-0.2, 0) is 29.0 Å². The van der Waals surface area contributed by atoms with Crippen LogP contribution in [-0.4, -0.2) is 36.4 Å². The number of amides is 2. The summed E-state index contributed by atoms with van der Waals surface area (Å²) in [5.41, 5.74) is 2.59. The number of rotatable bonds is 10. The Balaban J connectivity index is 1.97. The predicted octanol–water partition coefficient (Wildman–Crippen LogP) is 4.67. The summed E-state index contributed by atoms with van der Waals surface area (Å²) in [6.07, 6.45) is 0.513. The van der Waals surface area contributed by atoms with Gasteiger partial charge in [-0.25, -0.2) is 0 Å². The second-order valence-corrected chi connectivity index (χ2v) is 8.15. The van der Waals surface area contributed by atoms with Gasteiger partial charge in [-0.15, -0.1) is 0 Å². The van der Waals surface area contributed by atoms with E-state index in [1.165, 1.54) is 0 Å². The maximum Gasteiger partial charge on any atom is 0.243 e. The van der Waals surface area contributed by atoms with E-state index in [1.807, 2.05) is 79.7 Å². The van der Waals surface area contributed by atoms with Gasteiger partial charge >= 0.3 is 0 Å². The summed E-state index contributed by atoms with van der Waals surface area (Å²) in [6, 6.07) is 23.9. The van der Waals surface area contributed by atoms with Crippen molar-refractivity contribution >= 4 is 23.4 Å². The van der Waals surface area contributed by atoms with Crippen LogP contribution in [0.3, 0.4) is 0 Å². The summed E-state index contributed by atoms with van der Waals surface area (Å²) in [5, 5.41) is 3.43. The van der Waals surface area contributed by atoms with Gasteiger partial charge in [-0.2, -0.15) is 0 Å². The fourth-order valence-electron chi connectivity index (χ4n) is 3.72. The molecule has 0 spiro atoms. The highest BCUT2D eigenvalue weighted by Crippen LogP contribution is 2.21. The molecule has 3 aromatic rings. The van der Waals surface area contributed by atoms with E-state index in [0.29, 0.717) is 23.7 Å². The Morgan fingerprint density at radius 2 is 1.67 bits per heavy atom. The Morgan fingerprint density at radius 3 is 2.36 bits per heavy atom. The second-order valence-electron chi connectivity index (χ2n) is 7.74. The molecule has 5 nitrogen and oxygen atoms in total. The van der Waals surface area contributed by atoms with Gasteiger partial charge in [0.1, 0.15) is 11.8 Å². The highest BCUT2D eigenvalue weighted by Gasteiger charge is 2.30. The molecule has 0 aliphatic carbocycles. The molecule has 1 N–H and O–H groups in total. The highest BCUT2D eigenvalue weighted by atomic mass is 35.5. The van der Waals surface area contributed by atoms with E-state index in [1.54, 1.807) is 18.1 Å². The van der Waals surface area contributed by atoms with Crippen LogP contribution in [0, 0.1) is 0 Å². The van der Waals surface area contributed by atoms with Gasteiger partial charge in [-0.3, -0.25) is 9.59 Å². The third-order valence-corrected chi connectivity index (χ3v) is 5.78. The van der Waals surface area contributed by atoms with Gasteiger partial charge in [0.2, 0.25) is 11.8 Å². The van der Waals surface area contributed by atoms with Crippen molar-refractivity contribution in [3.63, 3.8) is 0 Å². The molecule has 3 rings (SSSR count). The summed E-state index contributed by atoms with van der Waals surface area (Å²) < 4.78 is 5.35. The minimum Gasteiger partial charge on any atom is -0.497 e. The van der Waals surface area contributed by atoms with Crippen molar-refractivity contribution in [2.75, 3.05) is 13.7 Å². The topological polar surface area (TPSA) is 58.6 Å². The molecule has 0 unspecified atom stereocenters. The average Bonchev–Trinajstić information content (AvgIpc) is 2.83. The van der Waals surface area contributed by atoms with Crippen molar-refractivity contribution in [1.82, 2.24) is 10.2 Å². The number of carbonyl (C=O) groups excluding carboxylic acids is 2. The summed E-state index contributed by atoms with van der Waals surface area (Å²) in [5.74, 6) is 0.346. The third-order valence-electron chi connectivity index (χ3n) is 5.41. The van der Waals surface area contributed by atoms with Crippen LogP contribution in [0.1, 0.15) is 23.6 Å². The predicted molar refractivity (Wildman–Crippen MR) is 131 cm³/mol. The smallest absolute Gasteiger partial charge is 0.243 e. The number of nitrogens with zero attached hydrogens (tertiary/aromatic N) is 1. The molecule has 2 amide bonds. The normalized spacial score (nSPS) is 11.5. The molecule has 172 valence electrons. The zero-order chi connectivity index (χ0) is 23.6. The number of hydrogen-bond acceptors (Lipinski definition) is 3. The first-order valence-electron chi connectivity index (χ1n) is 11.0. The van der Waals surface area contributed by atoms with Crippen molar-refractivity contribution in [1.29, 1.82) is 0 Å². The van der Waals surface area contributed by atoms with Crippen LogP contribution in [0.5, 0.6) is 5.75 Å². The quantitative estimate of drug-likeness (QED) is 0.474. The van der Waals surface area contributed by atoms with Crippen molar-refractivity contribution in [2.45, 2.75) is 32.4 Å². The fraction of sp³-hybridized carbons (Fsp3) is 0.259. The van der Waals surface area contributed by atoms with E-state index in [2.05, 4.69) is 5.32 Å². The molecule has 33 heavy (non-hydrogen) atoms. The van der Waals surface area contributed by atoms with Crippen LogP contribution >= 0.6 is 11.6 Å². The first-order valence-corrected chi connectivity index (χ1v) is 11.4. The van der Waals surface area contributed by atoms with Gasteiger partial charge in [0.05, 0.1) is 13.5 Å². The molecular weight excluding hydrogens is 436 g/mol. The lowest BCUT2D eigenvalue weighted by molar-refractivity contribution is -0.140. The summed E-state index contributed by atoms with van der Waals surface area (Å²) in [4.78, 5) is 28.4. The van der Waals surface area contributed by atoms with Gasteiger partial charge in [0.15, 0.2) is 0 Å². The Hall–Kier alpha value is -3.31. The van der Waals surface area contributed by atoms with Crippen LogP contribution in [0.4, 0.5) is 0 Å². The number of nitrogens with one attached hydrogen (secondary N) is 1. The van der Waals surface area contributed by atoms with Crippen molar-refractivity contribution in [3.8, 4) is 5.75 Å². The van der Waals surface area contributed by atoms with Crippen molar-refractivity contribution in [2.24, 2.45) is 0 Å². The minimum atomic E-state index is -0.673. The van der Waals surface area contributed by atoms with Crippen LogP contribution in [0.25, 0.3) is 0 Å². The molecule has 3 aromatic carbocycles. The molecule has 0 radical (unpaired) electrons. The Labute approximate surface area is 200 Å². The fourth-order valence-corrected chi connectivity index (χ4v) is 3.92. The molecule has 0 aliphatic rings. The Bertz CT molecular complexity index is 1070. The molecular formula is C27H29ClN2O3. The number of hydrogen-bond donors (Lipinski definition) is 1. The maximum atomic E-state index is 13.6. The van der Waals surface area contributed by atoms with E-state index in [4.69, 9.17) is 16.3 Å². The highest BCUT2D eigenvalue weighted by molar-refractivity contribution is 6.31. The molecule has 0 heterocycles. The largest absolute Gasteiger partial charge is 0.497 e. The SMILES string of the molecule is CCNC(=O)[C@@H](Cc1ccccc1)N(Cc1cccc(OC)c1)C(=O)Cc1ccccc1Cl. The Kier molecular flexibility index (Phi) is 8.90. The number of methoxy groups -OCH3 is 1. The van der Waals surface area contributed by atoms with Gasteiger partial charge < -0.3 is 15.0 Å². The molecule has 6 heteroatoms. The van der Waals surface area contributed by atoms with Crippen molar-refractivity contribution in [3.05, 3.63) is 101 Å². The lowest BCUT2D eigenvalue weighted by Gasteiger charge is -2.31. The maximum absolute atomic E-state index is 13.6. The average molecular weight is 465 g/mol. The van der Waals surface area contributed by atoms with Crippen LogP contribution in [0.2, 0.25) is 5.02 Å². The van der Waals surface area contributed by atoms with Gasteiger partial charge in [0, 0.05) is 24.5 Å². The van der Waals surface area contributed by atoms with E-state index in [9.17, 15) is 9.59 Å². The standard InChI is InChI=1S/C27H29ClN2O3/c1-3-29-27(32)25(17-20-10-5-4-6-11-20)30(19-21-12-9-14-23(16-21)33-2)26(31)18-22-13-7-8-15-24(22)28/h4-16,25H,3,17-19H2,1-2H3,(H,29,32)/t25-/m1/s1. The molecule has 1 atom stereocenters. The van der Waals surface area contributed by atoms with Gasteiger partial charge in [-0.1, -0.05) is 72.3 Å². The van der Waals surface area contributed by atoms with Gasteiger partial charge in [0.25, 0.3) is 0 Å². The summed E-state index contributed by atoms with van der Waals surface area (Å²) in [6.45, 7) is 2.63. The van der Waals surface area contributed by atoms with E-state index in [0.717, 1.165) is 16.7 Å². The van der Waals surface area contributed by atoms with E-state index in [-0.39, 0.29) is 24.8 Å². The molecule has 0 saturated carbocycles. The van der Waals surface area contributed by atoms with Crippen LogP contribution < -0.4 is 10.1 Å². The number of ether oxygens (including phenoxy) is 1. The zero-order valence-corrected chi connectivity index (χ0v) is 19.7. The molecule has 0 aromatic heterocycles. The number of benzene rings is 3. The van der Waals surface area contributed by atoms with Crippen LogP contribution in [0.15, 0.2) is 78.9 Å². The van der Waals surface area contributed by atoms with Gasteiger partial charge in [-0.05, 0) is 41.8 Å². The lowest BCUT2D eigenvalue weighted by Crippen LogP contribution is -2.51. The number of carbonyl (C=O) groups is 2. The number of likely N-dealkylation sites (N-methyl/N-ethyl adjacent to an activating group) is 1. The molecule has 0 fully saturated rings. The summed E-state index contributed by atoms with van der Waals surface area (Å²) >= 11 is 6.33. The molecule has 0 saturated heterocycles. The zero-order valence-electron chi connectivity index (χ0n) is 19.0. The molecule has 0 bridgehead atoms. The van der Waals surface area contributed by atoms with E-state index >= 15 is 0 Å². The van der Waals surface area contributed by atoms with E-state index < -0.39 is 6.04 Å². The first-order chi connectivity index (χ1) is 16.0. The Morgan fingerprint density at radius 1 is 0.970 bits per heavy atom. The monoisotopic (exact) mass is 464 g/mol. The third kappa shape index (κ3) is 6.83. The lowest BCUT2D eigenvalue weighted by atomic mass is 10.0. The summed E-state index contributed by atoms with van der Waals surface area (Å²) in [7, 11) is 1.60. The molecule has 0 aliphatic heterocycles. The first kappa shape index (κ1) is 24.3.